The van der Waals surface area contributed by atoms with E-state index in [2.05, 4.69) is 10.5 Å². The number of hydrogen-bond acceptors (Lipinski definition) is 4. The number of nitro benzene ring substituents is 1. The molecule has 2 aromatic carbocycles. The van der Waals surface area contributed by atoms with Crippen LogP contribution in [0.3, 0.4) is 0 Å². The molecule has 0 unspecified atom stereocenters. The van der Waals surface area contributed by atoms with E-state index >= 15 is 0 Å². The molecule has 0 saturated carbocycles. The maximum atomic E-state index is 12.7. The minimum Gasteiger partial charge on any atom is -0.279 e. The number of nitro groups is 1. The standard InChI is InChI=1S/C14H12FN3O2/c1-10-2-3-11(8-14(10)18(19)20)9-16-17-13-6-4-12(15)5-7-13/h2-9,17H,1H3. The summed E-state index contributed by atoms with van der Waals surface area (Å²) in [7, 11) is 0. The summed E-state index contributed by atoms with van der Waals surface area (Å²) >= 11 is 0. The van der Waals surface area contributed by atoms with E-state index in [1.807, 2.05) is 0 Å². The fourth-order valence-corrected chi connectivity index (χ4v) is 1.61. The van der Waals surface area contributed by atoms with Gasteiger partial charge in [-0.2, -0.15) is 5.10 Å². The summed E-state index contributed by atoms with van der Waals surface area (Å²) < 4.78 is 12.7. The zero-order valence-corrected chi connectivity index (χ0v) is 10.7. The number of hydrazone groups is 1. The van der Waals surface area contributed by atoms with Crippen LogP contribution in [0.2, 0.25) is 0 Å². The van der Waals surface area contributed by atoms with E-state index < -0.39 is 4.92 Å². The molecular formula is C14H12FN3O2. The Bertz CT molecular complexity index is 654. The van der Waals surface area contributed by atoms with Gasteiger partial charge in [0.15, 0.2) is 0 Å². The number of benzene rings is 2. The highest BCUT2D eigenvalue weighted by Gasteiger charge is 2.09. The van der Waals surface area contributed by atoms with Gasteiger partial charge in [-0.3, -0.25) is 15.5 Å². The third-order valence-corrected chi connectivity index (χ3v) is 2.68. The lowest BCUT2D eigenvalue weighted by molar-refractivity contribution is -0.385. The molecule has 0 radical (unpaired) electrons. The third kappa shape index (κ3) is 3.38. The number of nitrogens with zero attached hydrogens (tertiary/aromatic N) is 2. The highest BCUT2D eigenvalue weighted by Crippen LogP contribution is 2.18. The van der Waals surface area contributed by atoms with E-state index in [9.17, 15) is 14.5 Å². The topological polar surface area (TPSA) is 67.5 Å². The van der Waals surface area contributed by atoms with E-state index in [4.69, 9.17) is 0 Å². The van der Waals surface area contributed by atoms with Crippen LogP contribution < -0.4 is 5.43 Å². The highest BCUT2D eigenvalue weighted by atomic mass is 19.1. The second kappa shape index (κ2) is 5.92. The van der Waals surface area contributed by atoms with Gasteiger partial charge in [0.05, 0.1) is 16.8 Å². The van der Waals surface area contributed by atoms with Gasteiger partial charge in [-0.05, 0) is 31.2 Å². The molecular weight excluding hydrogens is 261 g/mol. The lowest BCUT2D eigenvalue weighted by atomic mass is 10.1. The summed E-state index contributed by atoms with van der Waals surface area (Å²) in [6, 6.07) is 10.6. The minimum absolute atomic E-state index is 0.0516. The van der Waals surface area contributed by atoms with Crippen molar-refractivity contribution in [1.29, 1.82) is 0 Å². The molecule has 2 rings (SSSR count). The lowest BCUT2D eigenvalue weighted by Crippen LogP contribution is -1.95. The number of aryl methyl sites for hydroxylation is 1. The molecule has 5 nitrogen and oxygen atoms in total. The molecule has 0 fully saturated rings. The largest absolute Gasteiger partial charge is 0.279 e. The van der Waals surface area contributed by atoms with Gasteiger partial charge in [0.1, 0.15) is 5.82 Å². The molecule has 0 amide bonds. The maximum absolute atomic E-state index is 12.7. The summed E-state index contributed by atoms with van der Waals surface area (Å²) in [5.74, 6) is -0.325. The first kappa shape index (κ1) is 13.7. The Kier molecular flexibility index (Phi) is 4.05. The molecule has 0 aromatic heterocycles. The SMILES string of the molecule is Cc1ccc(C=NNc2ccc(F)cc2)cc1[N+](=O)[O-]. The van der Waals surface area contributed by atoms with Crippen LogP contribution in [0.5, 0.6) is 0 Å². The summed E-state index contributed by atoms with van der Waals surface area (Å²) in [6.45, 7) is 1.68. The van der Waals surface area contributed by atoms with Gasteiger partial charge >= 0.3 is 0 Å². The van der Waals surface area contributed by atoms with Gasteiger partial charge in [0.2, 0.25) is 0 Å². The monoisotopic (exact) mass is 273 g/mol. The second-order valence-electron chi connectivity index (χ2n) is 4.18. The normalized spacial score (nSPS) is 10.7. The van der Waals surface area contributed by atoms with Crippen molar-refractivity contribution >= 4 is 17.6 Å². The Morgan fingerprint density at radius 1 is 1.25 bits per heavy atom. The van der Waals surface area contributed by atoms with Crippen molar-refractivity contribution in [2.45, 2.75) is 6.92 Å². The first-order valence-electron chi connectivity index (χ1n) is 5.86. The van der Waals surface area contributed by atoms with Crippen LogP contribution >= 0.6 is 0 Å². The zero-order valence-electron chi connectivity index (χ0n) is 10.7. The van der Waals surface area contributed by atoms with E-state index in [1.165, 1.54) is 24.4 Å². The average molecular weight is 273 g/mol. The molecule has 0 spiro atoms. The highest BCUT2D eigenvalue weighted by molar-refractivity contribution is 5.81. The summed E-state index contributed by atoms with van der Waals surface area (Å²) in [6.07, 6.45) is 1.47. The first-order chi connectivity index (χ1) is 9.56. The Labute approximate surface area is 114 Å². The third-order valence-electron chi connectivity index (χ3n) is 2.68. The molecule has 20 heavy (non-hydrogen) atoms. The van der Waals surface area contributed by atoms with Crippen molar-refractivity contribution in [3.63, 3.8) is 0 Å². The van der Waals surface area contributed by atoms with Crippen molar-refractivity contribution in [2.75, 3.05) is 5.43 Å². The first-order valence-corrected chi connectivity index (χ1v) is 5.86. The van der Waals surface area contributed by atoms with Gasteiger partial charge in [-0.15, -0.1) is 0 Å². The molecule has 1 N–H and O–H groups in total. The minimum atomic E-state index is -0.430. The van der Waals surface area contributed by atoms with E-state index in [-0.39, 0.29) is 11.5 Å². The molecule has 0 saturated heterocycles. The van der Waals surface area contributed by atoms with Gasteiger partial charge in [0.25, 0.3) is 5.69 Å². The van der Waals surface area contributed by atoms with Crippen LogP contribution in [0.4, 0.5) is 15.8 Å². The van der Waals surface area contributed by atoms with Crippen molar-refractivity contribution in [1.82, 2.24) is 0 Å². The number of rotatable bonds is 4. The molecule has 2 aromatic rings. The van der Waals surface area contributed by atoms with Gasteiger partial charge in [-0.1, -0.05) is 12.1 Å². The van der Waals surface area contributed by atoms with Crippen molar-refractivity contribution < 1.29 is 9.31 Å². The van der Waals surface area contributed by atoms with E-state index in [0.717, 1.165) is 0 Å². The fraction of sp³-hybridized carbons (Fsp3) is 0.0714. The van der Waals surface area contributed by atoms with Crippen molar-refractivity contribution in [3.05, 3.63) is 69.5 Å². The van der Waals surface area contributed by atoms with Crippen LogP contribution in [0.15, 0.2) is 47.6 Å². The maximum Gasteiger partial charge on any atom is 0.272 e. The van der Waals surface area contributed by atoms with Gasteiger partial charge in [-0.25, -0.2) is 4.39 Å². The van der Waals surface area contributed by atoms with Crippen LogP contribution in [0.1, 0.15) is 11.1 Å². The summed E-state index contributed by atoms with van der Waals surface area (Å²) in [5, 5.41) is 14.8. The summed E-state index contributed by atoms with van der Waals surface area (Å²) in [5.41, 5.74) is 4.60. The summed E-state index contributed by atoms with van der Waals surface area (Å²) in [4.78, 5) is 10.4. The molecule has 0 atom stereocenters. The average Bonchev–Trinajstić information content (AvgIpc) is 2.42. The van der Waals surface area contributed by atoms with Crippen LogP contribution in [-0.2, 0) is 0 Å². The second-order valence-corrected chi connectivity index (χ2v) is 4.18. The van der Waals surface area contributed by atoms with Crippen molar-refractivity contribution in [2.24, 2.45) is 5.10 Å². The molecule has 6 heteroatoms. The van der Waals surface area contributed by atoms with Crippen molar-refractivity contribution in [3.8, 4) is 0 Å². The number of nitrogens with one attached hydrogen (secondary N) is 1. The molecule has 102 valence electrons. The van der Waals surface area contributed by atoms with Gasteiger partial charge < -0.3 is 0 Å². The van der Waals surface area contributed by atoms with Crippen LogP contribution in [-0.4, -0.2) is 11.1 Å². The molecule has 0 heterocycles. The lowest BCUT2D eigenvalue weighted by Gasteiger charge is -2.00. The number of hydrogen-bond donors (Lipinski definition) is 1. The van der Waals surface area contributed by atoms with Crippen LogP contribution in [0.25, 0.3) is 0 Å². The Hall–Kier alpha value is -2.76. The number of halogens is 1. The Balaban J connectivity index is 2.10. The molecule has 0 bridgehead atoms. The fourth-order valence-electron chi connectivity index (χ4n) is 1.61. The molecule has 0 aliphatic heterocycles. The molecule has 0 aliphatic rings. The Morgan fingerprint density at radius 2 is 1.95 bits per heavy atom. The van der Waals surface area contributed by atoms with Gasteiger partial charge in [0, 0.05) is 17.2 Å². The van der Waals surface area contributed by atoms with E-state index in [1.54, 1.807) is 31.2 Å². The Morgan fingerprint density at radius 3 is 2.60 bits per heavy atom. The molecule has 0 aliphatic carbocycles. The van der Waals surface area contributed by atoms with Crippen LogP contribution in [0, 0.1) is 22.9 Å². The predicted molar refractivity (Wildman–Crippen MR) is 75.5 cm³/mol. The zero-order chi connectivity index (χ0) is 14.5. The van der Waals surface area contributed by atoms with E-state index in [0.29, 0.717) is 16.8 Å². The predicted octanol–water partition coefficient (Wildman–Crippen LogP) is 3.49. The quantitative estimate of drug-likeness (QED) is 0.526. The smallest absolute Gasteiger partial charge is 0.272 e. The number of anilines is 1.